The molecule has 4 heteroatoms. The molecule has 0 bridgehead atoms. The highest BCUT2D eigenvalue weighted by Gasteiger charge is 2.07. The van der Waals surface area contributed by atoms with Crippen molar-refractivity contribution in [1.29, 1.82) is 0 Å². The second-order valence-corrected chi connectivity index (χ2v) is 5.23. The van der Waals surface area contributed by atoms with E-state index in [0.717, 1.165) is 12.1 Å². The normalized spacial score (nSPS) is 12.3. The van der Waals surface area contributed by atoms with Crippen LogP contribution in [0.25, 0.3) is 0 Å². The van der Waals surface area contributed by atoms with Gasteiger partial charge in [-0.3, -0.25) is 4.79 Å². The first-order valence-electron chi connectivity index (χ1n) is 6.78. The molecule has 1 atom stereocenters. The van der Waals surface area contributed by atoms with Gasteiger partial charge in [0.1, 0.15) is 0 Å². The molecule has 0 aromatic heterocycles. The van der Waals surface area contributed by atoms with Crippen LogP contribution in [-0.4, -0.2) is 30.2 Å². The average Bonchev–Trinajstić information content (AvgIpc) is 2.35. The van der Waals surface area contributed by atoms with E-state index in [0.29, 0.717) is 17.5 Å². The topological polar surface area (TPSA) is 61.4 Å². The van der Waals surface area contributed by atoms with Gasteiger partial charge in [-0.25, -0.2) is 0 Å². The molecule has 0 heterocycles. The van der Waals surface area contributed by atoms with Crippen molar-refractivity contribution >= 4 is 11.6 Å². The average molecular weight is 264 g/mol. The van der Waals surface area contributed by atoms with Crippen LogP contribution >= 0.6 is 0 Å². The largest absolute Gasteiger partial charge is 0.395 e. The molecule has 106 valence electrons. The molecular formula is C15H24N2O2. The molecule has 0 aliphatic carbocycles. The van der Waals surface area contributed by atoms with Crippen molar-refractivity contribution in [2.45, 2.75) is 33.2 Å². The molecule has 0 radical (unpaired) electrons. The van der Waals surface area contributed by atoms with Crippen LogP contribution in [0.5, 0.6) is 0 Å². The molecular weight excluding hydrogens is 240 g/mol. The van der Waals surface area contributed by atoms with Crippen LogP contribution in [0.3, 0.4) is 0 Å². The smallest absolute Gasteiger partial charge is 0.251 e. The third-order valence-electron chi connectivity index (χ3n) is 2.78. The third kappa shape index (κ3) is 5.75. The summed E-state index contributed by atoms with van der Waals surface area (Å²) < 4.78 is 0. The highest BCUT2D eigenvalue weighted by atomic mass is 16.3. The Kier molecular flexibility index (Phi) is 6.36. The number of aliphatic hydroxyl groups excluding tert-OH is 1. The van der Waals surface area contributed by atoms with Crippen molar-refractivity contribution in [1.82, 2.24) is 5.32 Å². The zero-order valence-corrected chi connectivity index (χ0v) is 11.9. The standard InChI is InChI=1S/C15H24N2O2/c1-11(2)10-12(3)17-14-6-4-13(5-7-14)15(19)16-8-9-18/h4-7,11-12,17-18H,8-10H2,1-3H3,(H,16,19). The maximum Gasteiger partial charge on any atom is 0.251 e. The van der Waals surface area contributed by atoms with Crippen LogP contribution in [0.15, 0.2) is 24.3 Å². The first-order valence-corrected chi connectivity index (χ1v) is 6.78. The molecule has 1 aromatic carbocycles. The Morgan fingerprint density at radius 2 is 1.84 bits per heavy atom. The maximum atomic E-state index is 11.6. The monoisotopic (exact) mass is 264 g/mol. The lowest BCUT2D eigenvalue weighted by atomic mass is 10.0. The predicted molar refractivity (Wildman–Crippen MR) is 78.4 cm³/mol. The number of hydrogen-bond acceptors (Lipinski definition) is 3. The van der Waals surface area contributed by atoms with E-state index >= 15 is 0 Å². The van der Waals surface area contributed by atoms with E-state index in [1.165, 1.54) is 0 Å². The zero-order chi connectivity index (χ0) is 14.3. The van der Waals surface area contributed by atoms with Gasteiger partial charge in [-0.2, -0.15) is 0 Å². The minimum absolute atomic E-state index is 0.0436. The maximum absolute atomic E-state index is 11.6. The Balaban J connectivity index is 2.54. The molecule has 4 nitrogen and oxygen atoms in total. The first-order chi connectivity index (χ1) is 9.02. The summed E-state index contributed by atoms with van der Waals surface area (Å²) in [4.78, 5) is 11.6. The lowest BCUT2D eigenvalue weighted by Crippen LogP contribution is -2.26. The number of nitrogens with one attached hydrogen (secondary N) is 2. The molecule has 0 spiro atoms. The van der Waals surface area contributed by atoms with Gasteiger partial charge < -0.3 is 15.7 Å². The predicted octanol–water partition coefficient (Wildman–Crippen LogP) is 2.26. The van der Waals surface area contributed by atoms with Gasteiger partial charge >= 0.3 is 0 Å². The highest BCUT2D eigenvalue weighted by Crippen LogP contribution is 2.14. The van der Waals surface area contributed by atoms with Crippen LogP contribution in [0.4, 0.5) is 5.69 Å². The SMILES string of the molecule is CC(C)CC(C)Nc1ccc(C(=O)NCCO)cc1. The summed E-state index contributed by atoms with van der Waals surface area (Å²) in [7, 11) is 0. The van der Waals surface area contributed by atoms with Gasteiger partial charge in [0.05, 0.1) is 6.61 Å². The zero-order valence-electron chi connectivity index (χ0n) is 11.9. The van der Waals surface area contributed by atoms with Crippen molar-refractivity contribution in [3.63, 3.8) is 0 Å². The van der Waals surface area contributed by atoms with E-state index in [4.69, 9.17) is 5.11 Å². The van der Waals surface area contributed by atoms with Gasteiger partial charge in [-0.1, -0.05) is 13.8 Å². The van der Waals surface area contributed by atoms with Crippen LogP contribution in [0.1, 0.15) is 37.6 Å². The van der Waals surface area contributed by atoms with E-state index in [2.05, 4.69) is 31.4 Å². The summed E-state index contributed by atoms with van der Waals surface area (Å²) >= 11 is 0. The van der Waals surface area contributed by atoms with E-state index in [1.807, 2.05) is 12.1 Å². The molecule has 1 rings (SSSR count). The Morgan fingerprint density at radius 1 is 1.21 bits per heavy atom. The van der Waals surface area contributed by atoms with Gasteiger partial charge in [0.25, 0.3) is 5.91 Å². The number of carbonyl (C=O) groups is 1. The van der Waals surface area contributed by atoms with E-state index in [-0.39, 0.29) is 19.1 Å². The van der Waals surface area contributed by atoms with Gasteiger partial charge in [0, 0.05) is 23.8 Å². The van der Waals surface area contributed by atoms with Crippen LogP contribution in [0.2, 0.25) is 0 Å². The second-order valence-electron chi connectivity index (χ2n) is 5.23. The Bertz CT molecular complexity index is 388. The lowest BCUT2D eigenvalue weighted by Gasteiger charge is -2.17. The van der Waals surface area contributed by atoms with E-state index in [9.17, 15) is 4.79 Å². The minimum atomic E-state index is -0.157. The fourth-order valence-electron chi connectivity index (χ4n) is 2.04. The van der Waals surface area contributed by atoms with E-state index in [1.54, 1.807) is 12.1 Å². The summed E-state index contributed by atoms with van der Waals surface area (Å²) in [6.07, 6.45) is 1.11. The van der Waals surface area contributed by atoms with Gasteiger partial charge in [0.15, 0.2) is 0 Å². The number of anilines is 1. The molecule has 0 saturated heterocycles. The van der Waals surface area contributed by atoms with Crippen molar-refractivity contribution in [2.24, 2.45) is 5.92 Å². The minimum Gasteiger partial charge on any atom is -0.395 e. The summed E-state index contributed by atoms with van der Waals surface area (Å²) in [6.45, 7) is 6.80. The first kappa shape index (κ1) is 15.5. The third-order valence-corrected chi connectivity index (χ3v) is 2.78. The second kappa shape index (κ2) is 7.79. The van der Waals surface area contributed by atoms with Crippen molar-refractivity contribution < 1.29 is 9.90 Å². The lowest BCUT2D eigenvalue weighted by molar-refractivity contribution is 0.0945. The molecule has 1 amide bonds. The molecule has 1 aromatic rings. The summed E-state index contributed by atoms with van der Waals surface area (Å²) in [6, 6.07) is 7.80. The molecule has 19 heavy (non-hydrogen) atoms. The van der Waals surface area contributed by atoms with E-state index < -0.39 is 0 Å². The summed E-state index contributed by atoms with van der Waals surface area (Å²) in [5.74, 6) is 0.502. The fourth-order valence-corrected chi connectivity index (χ4v) is 2.04. The molecule has 1 unspecified atom stereocenters. The van der Waals surface area contributed by atoms with Gasteiger partial charge in [-0.05, 0) is 43.5 Å². The van der Waals surface area contributed by atoms with Crippen molar-refractivity contribution in [3.05, 3.63) is 29.8 Å². The van der Waals surface area contributed by atoms with Gasteiger partial charge in [-0.15, -0.1) is 0 Å². The molecule has 0 aliphatic heterocycles. The van der Waals surface area contributed by atoms with Crippen LogP contribution < -0.4 is 10.6 Å². The number of benzene rings is 1. The molecule has 0 aliphatic rings. The fraction of sp³-hybridized carbons (Fsp3) is 0.533. The van der Waals surface area contributed by atoms with Gasteiger partial charge in [0.2, 0.25) is 0 Å². The molecule has 3 N–H and O–H groups in total. The number of rotatable bonds is 7. The van der Waals surface area contributed by atoms with Crippen molar-refractivity contribution in [2.75, 3.05) is 18.5 Å². The number of carbonyl (C=O) groups excluding carboxylic acids is 1. The molecule has 0 saturated carbocycles. The number of amides is 1. The summed E-state index contributed by atoms with van der Waals surface area (Å²) in [5.41, 5.74) is 1.63. The van der Waals surface area contributed by atoms with Crippen LogP contribution in [-0.2, 0) is 0 Å². The Labute approximate surface area is 115 Å². The Morgan fingerprint density at radius 3 is 2.37 bits per heavy atom. The summed E-state index contributed by atoms with van der Waals surface area (Å²) in [5, 5.41) is 14.7. The molecule has 0 fully saturated rings. The highest BCUT2D eigenvalue weighted by molar-refractivity contribution is 5.94. The number of aliphatic hydroxyl groups is 1. The van der Waals surface area contributed by atoms with Crippen molar-refractivity contribution in [3.8, 4) is 0 Å². The van der Waals surface area contributed by atoms with Crippen LogP contribution in [0, 0.1) is 5.92 Å². The number of hydrogen-bond donors (Lipinski definition) is 3. The quantitative estimate of drug-likeness (QED) is 0.708. The Hall–Kier alpha value is -1.55.